The number of fused-ring (bicyclic) bond motifs is 1. The maximum absolute atomic E-state index is 12.8. The van der Waals surface area contributed by atoms with Gasteiger partial charge in [-0.2, -0.15) is 0 Å². The molecule has 0 aliphatic rings. The van der Waals surface area contributed by atoms with Crippen LogP contribution in [0.1, 0.15) is 0 Å². The van der Waals surface area contributed by atoms with Crippen LogP contribution in [0.3, 0.4) is 0 Å². The van der Waals surface area contributed by atoms with E-state index in [2.05, 4.69) is 9.97 Å². The highest BCUT2D eigenvalue weighted by Gasteiger charge is 2.04. The van der Waals surface area contributed by atoms with Crippen molar-refractivity contribution in [1.82, 2.24) is 9.97 Å². The number of nitrogens with one attached hydrogen (secondary N) is 1. The maximum atomic E-state index is 12.8. The second kappa shape index (κ2) is 6.70. The molecule has 22 heavy (non-hydrogen) atoms. The monoisotopic (exact) mass is 318 g/mol. The van der Waals surface area contributed by atoms with E-state index in [0.29, 0.717) is 12.4 Å². The molecule has 0 unspecified atom stereocenters. The number of aromatic nitrogens is 2. The van der Waals surface area contributed by atoms with Crippen molar-refractivity contribution in [3.8, 4) is 11.5 Å². The molecule has 0 bridgehead atoms. The van der Waals surface area contributed by atoms with Crippen molar-refractivity contribution in [2.45, 2.75) is 5.16 Å². The number of hydrogen-bond acceptors (Lipinski definition) is 4. The van der Waals surface area contributed by atoms with Gasteiger partial charge in [0.15, 0.2) is 5.16 Å². The minimum absolute atomic E-state index is 0.264. The summed E-state index contributed by atoms with van der Waals surface area (Å²) >= 11 is 1.58. The van der Waals surface area contributed by atoms with Crippen LogP contribution >= 0.6 is 11.8 Å². The molecule has 0 spiro atoms. The highest BCUT2D eigenvalue weighted by atomic mass is 32.2. The van der Waals surface area contributed by atoms with Gasteiger partial charge < -0.3 is 14.5 Å². The maximum Gasteiger partial charge on any atom is 0.166 e. The van der Waals surface area contributed by atoms with E-state index in [-0.39, 0.29) is 5.82 Å². The molecule has 3 aromatic rings. The standard InChI is InChI=1S/C16H15FN2O2S/c1-20-13-6-7-14-15(10-13)19-16(18-14)22-9-8-21-12-4-2-11(17)3-5-12/h2-7,10H,8-9H2,1H3,(H,18,19). The number of methoxy groups -OCH3 is 1. The van der Waals surface area contributed by atoms with Crippen LogP contribution < -0.4 is 9.47 Å². The Bertz CT molecular complexity index is 758. The van der Waals surface area contributed by atoms with Gasteiger partial charge in [-0.1, -0.05) is 11.8 Å². The van der Waals surface area contributed by atoms with Gasteiger partial charge in [-0.3, -0.25) is 0 Å². The summed E-state index contributed by atoms with van der Waals surface area (Å²) in [5.41, 5.74) is 1.85. The zero-order valence-electron chi connectivity index (χ0n) is 12.0. The van der Waals surface area contributed by atoms with Gasteiger partial charge in [0.05, 0.1) is 24.8 Å². The number of halogens is 1. The predicted octanol–water partition coefficient (Wildman–Crippen LogP) is 3.88. The highest BCUT2D eigenvalue weighted by molar-refractivity contribution is 7.99. The van der Waals surface area contributed by atoms with Crippen LogP contribution in [0.5, 0.6) is 11.5 Å². The normalized spacial score (nSPS) is 10.8. The number of H-pyrrole nitrogens is 1. The zero-order chi connectivity index (χ0) is 15.4. The summed E-state index contributed by atoms with van der Waals surface area (Å²) < 4.78 is 23.5. The molecule has 3 rings (SSSR count). The lowest BCUT2D eigenvalue weighted by Gasteiger charge is -2.04. The Balaban J connectivity index is 1.54. The fourth-order valence-electron chi connectivity index (χ4n) is 1.99. The van der Waals surface area contributed by atoms with E-state index in [4.69, 9.17) is 9.47 Å². The van der Waals surface area contributed by atoms with Crippen molar-refractivity contribution in [1.29, 1.82) is 0 Å². The second-order valence-electron chi connectivity index (χ2n) is 4.58. The van der Waals surface area contributed by atoms with Gasteiger partial charge in [-0.05, 0) is 36.4 Å². The molecule has 0 saturated heterocycles. The van der Waals surface area contributed by atoms with E-state index in [1.807, 2.05) is 18.2 Å². The van der Waals surface area contributed by atoms with Gasteiger partial charge in [0, 0.05) is 11.8 Å². The molecule has 6 heteroatoms. The van der Waals surface area contributed by atoms with E-state index in [0.717, 1.165) is 27.7 Å². The van der Waals surface area contributed by atoms with Gasteiger partial charge in [0.1, 0.15) is 17.3 Å². The molecule has 0 radical (unpaired) electrons. The largest absolute Gasteiger partial charge is 0.497 e. The first-order valence-electron chi connectivity index (χ1n) is 6.79. The van der Waals surface area contributed by atoms with Crippen LogP contribution in [0.15, 0.2) is 47.6 Å². The van der Waals surface area contributed by atoms with Crippen LogP contribution in [0.4, 0.5) is 4.39 Å². The van der Waals surface area contributed by atoms with Crippen molar-refractivity contribution in [3.63, 3.8) is 0 Å². The molecule has 114 valence electrons. The summed E-state index contributed by atoms with van der Waals surface area (Å²) in [6.45, 7) is 0.524. The van der Waals surface area contributed by atoms with E-state index >= 15 is 0 Å². The van der Waals surface area contributed by atoms with Crippen molar-refractivity contribution in [2.75, 3.05) is 19.5 Å². The average Bonchev–Trinajstić information content (AvgIpc) is 2.95. The molecule has 1 heterocycles. The smallest absolute Gasteiger partial charge is 0.166 e. The van der Waals surface area contributed by atoms with Crippen LogP contribution in [0.2, 0.25) is 0 Å². The molecule has 4 nitrogen and oxygen atoms in total. The lowest BCUT2D eigenvalue weighted by Crippen LogP contribution is -2.00. The minimum atomic E-state index is -0.264. The highest BCUT2D eigenvalue weighted by Crippen LogP contribution is 2.23. The number of aromatic amines is 1. The summed E-state index contributed by atoms with van der Waals surface area (Å²) in [5, 5.41) is 0.839. The van der Waals surface area contributed by atoms with Crippen molar-refractivity contribution in [3.05, 3.63) is 48.3 Å². The predicted molar refractivity (Wildman–Crippen MR) is 85.3 cm³/mol. The Labute approximate surface area is 131 Å². The van der Waals surface area contributed by atoms with Gasteiger partial charge in [-0.15, -0.1) is 0 Å². The average molecular weight is 318 g/mol. The first kappa shape index (κ1) is 14.7. The SMILES string of the molecule is COc1ccc2nc(SCCOc3ccc(F)cc3)[nH]c2c1. The van der Waals surface area contributed by atoms with Gasteiger partial charge in [0.2, 0.25) is 0 Å². The molecular weight excluding hydrogens is 303 g/mol. The van der Waals surface area contributed by atoms with Gasteiger partial charge in [0.25, 0.3) is 0 Å². The van der Waals surface area contributed by atoms with Crippen LogP contribution in [0.25, 0.3) is 11.0 Å². The van der Waals surface area contributed by atoms with E-state index in [1.54, 1.807) is 31.0 Å². The summed E-state index contributed by atoms with van der Waals surface area (Å²) in [5.74, 6) is 1.94. The fraction of sp³-hybridized carbons (Fsp3) is 0.188. The van der Waals surface area contributed by atoms with Crippen LogP contribution in [0, 0.1) is 5.82 Å². The quantitative estimate of drug-likeness (QED) is 0.553. The molecule has 0 saturated carbocycles. The van der Waals surface area contributed by atoms with Crippen molar-refractivity contribution < 1.29 is 13.9 Å². The molecule has 0 fully saturated rings. The second-order valence-corrected chi connectivity index (χ2v) is 5.66. The van der Waals surface area contributed by atoms with E-state index in [1.165, 1.54) is 12.1 Å². The molecule has 0 atom stereocenters. The first-order valence-corrected chi connectivity index (χ1v) is 7.78. The number of hydrogen-bond donors (Lipinski definition) is 1. The third kappa shape index (κ3) is 3.51. The summed E-state index contributed by atoms with van der Waals surface area (Å²) in [7, 11) is 1.64. The van der Waals surface area contributed by atoms with Gasteiger partial charge in [-0.25, -0.2) is 9.37 Å². The van der Waals surface area contributed by atoms with Crippen LogP contribution in [-0.4, -0.2) is 29.4 Å². The summed E-state index contributed by atoms with van der Waals surface area (Å²) in [6.07, 6.45) is 0. The lowest BCUT2D eigenvalue weighted by atomic mass is 10.3. The molecule has 1 aromatic heterocycles. The molecule has 0 aliphatic heterocycles. The number of rotatable bonds is 6. The summed E-state index contributed by atoms with van der Waals surface area (Å²) in [4.78, 5) is 7.73. The third-order valence-corrected chi connectivity index (χ3v) is 3.91. The van der Waals surface area contributed by atoms with Crippen LogP contribution in [-0.2, 0) is 0 Å². The zero-order valence-corrected chi connectivity index (χ0v) is 12.8. The van der Waals surface area contributed by atoms with Crippen molar-refractivity contribution in [2.24, 2.45) is 0 Å². The Morgan fingerprint density at radius 1 is 1.14 bits per heavy atom. The fourth-order valence-corrected chi connectivity index (χ4v) is 2.69. The number of thioether (sulfide) groups is 1. The number of ether oxygens (including phenoxy) is 2. The molecular formula is C16H15FN2O2S. The topological polar surface area (TPSA) is 47.1 Å². The Kier molecular flexibility index (Phi) is 4.48. The Hall–Kier alpha value is -2.21. The summed E-state index contributed by atoms with van der Waals surface area (Å²) in [6, 6.07) is 11.7. The van der Waals surface area contributed by atoms with E-state index in [9.17, 15) is 4.39 Å². The lowest BCUT2D eigenvalue weighted by molar-refractivity contribution is 0.343. The molecule has 1 N–H and O–H groups in total. The number of nitrogens with zero attached hydrogens (tertiary/aromatic N) is 1. The molecule has 2 aromatic carbocycles. The molecule has 0 amide bonds. The Morgan fingerprint density at radius 3 is 2.68 bits per heavy atom. The Morgan fingerprint density at radius 2 is 1.91 bits per heavy atom. The van der Waals surface area contributed by atoms with Crippen molar-refractivity contribution >= 4 is 22.8 Å². The van der Waals surface area contributed by atoms with Gasteiger partial charge >= 0.3 is 0 Å². The minimum Gasteiger partial charge on any atom is -0.497 e. The van der Waals surface area contributed by atoms with E-state index < -0.39 is 0 Å². The number of benzene rings is 2. The first-order chi connectivity index (χ1) is 10.7. The number of imidazole rings is 1. The third-order valence-electron chi connectivity index (χ3n) is 3.07. The molecule has 0 aliphatic carbocycles.